The van der Waals surface area contributed by atoms with E-state index in [1.165, 1.54) is 4.31 Å². The Balaban J connectivity index is 2.25. The minimum atomic E-state index is -3.55. The number of hydrogen-bond acceptors (Lipinski definition) is 4. The van der Waals surface area contributed by atoms with Gasteiger partial charge in [0.2, 0.25) is 0 Å². The van der Waals surface area contributed by atoms with Crippen molar-refractivity contribution < 1.29 is 18.3 Å². The van der Waals surface area contributed by atoms with Crippen molar-refractivity contribution >= 4 is 43.3 Å². The van der Waals surface area contributed by atoms with Crippen LogP contribution in [0.5, 0.6) is 0 Å². The van der Waals surface area contributed by atoms with Gasteiger partial charge in [0.25, 0.3) is 10.0 Å². The zero-order valence-electron chi connectivity index (χ0n) is 8.67. The summed E-state index contributed by atoms with van der Waals surface area (Å²) in [5.41, 5.74) is 0. The van der Waals surface area contributed by atoms with Gasteiger partial charge in [0.05, 0.1) is 5.92 Å². The number of nitrogens with zero attached hydrogens (tertiary/aromatic N) is 1. The van der Waals surface area contributed by atoms with Crippen LogP contribution < -0.4 is 0 Å². The molecule has 1 aliphatic rings. The summed E-state index contributed by atoms with van der Waals surface area (Å²) in [6, 6.07) is 1.67. The number of carboxylic acids is 1. The van der Waals surface area contributed by atoms with Crippen molar-refractivity contribution in [2.45, 2.75) is 10.6 Å². The molecule has 1 N–H and O–H groups in total. The molecular weight excluding hydrogens is 330 g/mol. The molecule has 17 heavy (non-hydrogen) atoms. The predicted molar refractivity (Wildman–Crippen MR) is 66.5 cm³/mol. The van der Waals surface area contributed by atoms with Gasteiger partial charge in [-0.3, -0.25) is 4.79 Å². The number of aliphatic carboxylic acids is 1. The van der Waals surface area contributed by atoms with Crippen molar-refractivity contribution in [2.24, 2.45) is 5.92 Å². The SMILES string of the molecule is O=C(O)[C@H]1CCN(S(=O)(=O)c2sccc2Br)C1. The second kappa shape index (κ2) is 4.68. The molecule has 1 saturated heterocycles. The third-order valence-electron chi connectivity index (χ3n) is 2.66. The molecule has 0 bridgehead atoms. The molecule has 0 aliphatic carbocycles. The first kappa shape index (κ1) is 13.0. The summed E-state index contributed by atoms with van der Waals surface area (Å²) in [4.78, 5) is 10.8. The summed E-state index contributed by atoms with van der Waals surface area (Å²) in [5, 5.41) is 10.5. The topological polar surface area (TPSA) is 74.7 Å². The van der Waals surface area contributed by atoms with E-state index in [4.69, 9.17) is 5.11 Å². The lowest BCUT2D eigenvalue weighted by Crippen LogP contribution is -2.29. The molecule has 2 rings (SSSR count). The van der Waals surface area contributed by atoms with Crippen molar-refractivity contribution in [1.82, 2.24) is 4.31 Å². The zero-order valence-corrected chi connectivity index (χ0v) is 11.9. The Morgan fingerprint density at radius 1 is 1.59 bits per heavy atom. The molecule has 94 valence electrons. The standard InChI is InChI=1S/C9H10BrNO4S2/c10-7-2-4-16-9(7)17(14,15)11-3-1-6(5-11)8(12)13/h2,4,6H,1,3,5H2,(H,12,13)/t6-/m0/s1. The highest BCUT2D eigenvalue weighted by molar-refractivity contribution is 9.10. The summed E-state index contributed by atoms with van der Waals surface area (Å²) in [6.45, 7) is 0.325. The maximum absolute atomic E-state index is 12.2. The van der Waals surface area contributed by atoms with Gasteiger partial charge >= 0.3 is 5.97 Å². The Bertz CT molecular complexity index is 539. The second-order valence-electron chi connectivity index (χ2n) is 3.74. The third kappa shape index (κ3) is 2.40. The fourth-order valence-electron chi connectivity index (χ4n) is 1.73. The van der Waals surface area contributed by atoms with Crippen LogP contribution in [0.4, 0.5) is 0 Å². The maximum atomic E-state index is 12.2. The van der Waals surface area contributed by atoms with E-state index in [1.807, 2.05) is 0 Å². The van der Waals surface area contributed by atoms with Crippen molar-refractivity contribution in [3.63, 3.8) is 0 Å². The van der Waals surface area contributed by atoms with Gasteiger partial charge in [-0.15, -0.1) is 11.3 Å². The van der Waals surface area contributed by atoms with E-state index in [-0.39, 0.29) is 17.3 Å². The lowest BCUT2D eigenvalue weighted by atomic mass is 10.1. The Labute approximate surface area is 111 Å². The van der Waals surface area contributed by atoms with Crippen molar-refractivity contribution in [3.8, 4) is 0 Å². The van der Waals surface area contributed by atoms with E-state index in [9.17, 15) is 13.2 Å². The Hall–Kier alpha value is -0.440. The molecule has 8 heteroatoms. The van der Waals surface area contributed by atoms with Crippen LogP contribution in [0.25, 0.3) is 0 Å². The van der Waals surface area contributed by atoms with Gasteiger partial charge in [-0.1, -0.05) is 0 Å². The first-order chi connectivity index (χ1) is 7.93. The fourth-order valence-corrected chi connectivity index (χ4v) is 5.68. The lowest BCUT2D eigenvalue weighted by molar-refractivity contribution is -0.141. The first-order valence-electron chi connectivity index (χ1n) is 4.89. The molecule has 1 atom stereocenters. The summed E-state index contributed by atoms with van der Waals surface area (Å²) in [5.74, 6) is -1.53. The normalized spacial score (nSPS) is 21.8. The second-order valence-corrected chi connectivity index (χ2v) is 7.65. The minimum Gasteiger partial charge on any atom is -0.481 e. The summed E-state index contributed by atoms with van der Waals surface area (Å²) in [6.07, 6.45) is 0.373. The van der Waals surface area contributed by atoms with Crippen LogP contribution in [-0.2, 0) is 14.8 Å². The molecular formula is C9H10BrNO4S2. The van der Waals surface area contributed by atoms with Crippen molar-refractivity contribution in [2.75, 3.05) is 13.1 Å². The molecule has 5 nitrogen and oxygen atoms in total. The summed E-state index contributed by atoms with van der Waals surface area (Å²) >= 11 is 4.31. The third-order valence-corrected chi connectivity index (χ3v) is 7.17. The lowest BCUT2D eigenvalue weighted by Gasteiger charge is -2.14. The van der Waals surface area contributed by atoms with Gasteiger partial charge in [-0.05, 0) is 33.8 Å². The number of carbonyl (C=O) groups is 1. The van der Waals surface area contributed by atoms with Crippen LogP contribution in [0.15, 0.2) is 20.1 Å². The molecule has 2 heterocycles. The predicted octanol–water partition coefficient (Wildman–Crippen LogP) is 1.61. The van der Waals surface area contributed by atoms with E-state index in [2.05, 4.69) is 15.9 Å². The maximum Gasteiger partial charge on any atom is 0.307 e. The monoisotopic (exact) mass is 339 g/mol. The quantitative estimate of drug-likeness (QED) is 0.907. The van der Waals surface area contributed by atoms with Crippen LogP contribution >= 0.6 is 27.3 Å². The Morgan fingerprint density at radius 3 is 2.76 bits per heavy atom. The van der Waals surface area contributed by atoms with E-state index < -0.39 is 21.9 Å². The van der Waals surface area contributed by atoms with Crippen LogP contribution in [0.2, 0.25) is 0 Å². The number of thiophene rings is 1. The van der Waals surface area contributed by atoms with E-state index >= 15 is 0 Å². The molecule has 1 fully saturated rings. The number of carboxylic acid groups (broad SMARTS) is 1. The smallest absolute Gasteiger partial charge is 0.307 e. The first-order valence-corrected chi connectivity index (χ1v) is 8.00. The average Bonchev–Trinajstić information content (AvgIpc) is 2.84. The van der Waals surface area contributed by atoms with Crippen LogP contribution in [0, 0.1) is 5.92 Å². The summed E-state index contributed by atoms with van der Waals surface area (Å²) < 4.78 is 26.4. The highest BCUT2D eigenvalue weighted by atomic mass is 79.9. The molecule has 0 radical (unpaired) electrons. The van der Waals surface area contributed by atoms with Gasteiger partial charge < -0.3 is 5.11 Å². The molecule has 0 aromatic carbocycles. The molecule has 0 saturated carbocycles. The Kier molecular flexibility index (Phi) is 3.58. The zero-order chi connectivity index (χ0) is 12.6. The fraction of sp³-hybridized carbons (Fsp3) is 0.444. The highest BCUT2D eigenvalue weighted by Crippen LogP contribution is 2.32. The van der Waals surface area contributed by atoms with Gasteiger partial charge in [0.1, 0.15) is 4.21 Å². The molecule has 1 aromatic rings. The molecule has 1 aromatic heterocycles. The number of rotatable bonds is 3. The van der Waals surface area contributed by atoms with Crippen LogP contribution in [0.1, 0.15) is 6.42 Å². The summed E-state index contributed by atoms with van der Waals surface area (Å²) in [7, 11) is -3.55. The number of hydrogen-bond donors (Lipinski definition) is 1. The molecule has 1 aliphatic heterocycles. The van der Waals surface area contributed by atoms with Gasteiger partial charge in [-0.2, -0.15) is 4.31 Å². The molecule has 0 spiro atoms. The van der Waals surface area contributed by atoms with E-state index in [1.54, 1.807) is 11.4 Å². The van der Waals surface area contributed by atoms with Crippen LogP contribution in [0.3, 0.4) is 0 Å². The van der Waals surface area contributed by atoms with Crippen molar-refractivity contribution in [3.05, 3.63) is 15.9 Å². The van der Waals surface area contributed by atoms with E-state index in [0.717, 1.165) is 11.3 Å². The van der Waals surface area contributed by atoms with Gasteiger partial charge in [0.15, 0.2) is 0 Å². The average molecular weight is 340 g/mol. The number of sulfonamides is 1. The minimum absolute atomic E-state index is 0.0575. The van der Waals surface area contributed by atoms with Crippen molar-refractivity contribution in [1.29, 1.82) is 0 Å². The van der Waals surface area contributed by atoms with Gasteiger partial charge in [-0.25, -0.2) is 8.42 Å². The van der Waals surface area contributed by atoms with Crippen LogP contribution in [-0.4, -0.2) is 36.9 Å². The molecule has 0 amide bonds. The van der Waals surface area contributed by atoms with E-state index in [0.29, 0.717) is 10.9 Å². The largest absolute Gasteiger partial charge is 0.481 e. The Morgan fingerprint density at radius 2 is 2.29 bits per heavy atom. The highest BCUT2D eigenvalue weighted by Gasteiger charge is 2.37. The number of halogens is 1. The van der Waals surface area contributed by atoms with Gasteiger partial charge in [0, 0.05) is 17.6 Å². The molecule has 0 unspecified atom stereocenters.